The van der Waals surface area contributed by atoms with Crippen LogP contribution in [-0.2, 0) is 6.42 Å². The minimum atomic E-state index is -0.405. The number of rotatable bonds is 5. The number of carbonyl (C=O) groups excluding carboxylic acids is 1. The second-order valence-electron chi connectivity index (χ2n) is 6.20. The van der Waals surface area contributed by atoms with Crippen molar-refractivity contribution in [1.29, 1.82) is 5.26 Å². The highest BCUT2D eigenvalue weighted by Crippen LogP contribution is 2.31. The van der Waals surface area contributed by atoms with Crippen molar-refractivity contribution >= 4 is 11.6 Å². The zero-order chi connectivity index (χ0) is 17.8. The Morgan fingerprint density at radius 3 is 3.04 bits per heavy atom. The van der Waals surface area contributed by atoms with Gasteiger partial charge in [-0.3, -0.25) is 4.79 Å². The molecule has 0 bridgehead atoms. The topological polar surface area (TPSA) is 92.2 Å². The summed E-state index contributed by atoms with van der Waals surface area (Å²) in [5.41, 5.74) is 8.34. The van der Waals surface area contributed by atoms with Gasteiger partial charge in [0.1, 0.15) is 11.6 Å². The van der Waals surface area contributed by atoms with Gasteiger partial charge >= 0.3 is 0 Å². The maximum absolute atomic E-state index is 11.3. The van der Waals surface area contributed by atoms with Gasteiger partial charge in [0.15, 0.2) is 0 Å². The Kier molecular flexibility index (Phi) is 4.85. The molecule has 1 aromatic carbocycles. The third-order valence-corrected chi connectivity index (χ3v) is 4.56. The van der Waals surface area contributed by atoms with E-state index in [2.05, 4.69) is 16.0 Å². The van der Waals surface area contributed by atoms with Gasteiger partial charge in [0, 0.05) is 24.8 Å². The lowest BCUT2D eigenvalue weighted by Crippen LogP contribution is -2.21. The third-order valence-electron chi connectivity index (χ3n) is 4.56. The van der Waals surface area contributed by atoms with Crippen LogP contribution in [0.15, 0.2) is 36.5 Å². The van der Waals surface area contributed by atoms with Gasteiger partial charge in [-0.2, -0.15) is 5.26 Å². The first-order chi connectivity index (χ1) is 12.1. The number of amides is 1. The second kappa shape index (κ2) is 7.22. The number of pyridine rings is 1. The smallest absolute Gasteiger partial charge is 0.248 e. The van der Waals surface area contributed by atoms with Crippen LogP contribution >= 0.6 is 0 Å². The second-order valence-corrected chi connectivity index (χ2v) is 6.20. The van der Waals surface area contributed by atoms with Gasteiger partial charge in [0.05, 0.1) is 12.8 Å². The molecule has 6 nitrogen and oxygen atoms in total. The zero-order valence-corrected chi connectivity index (χ0v) is 14.1. The molecule has 1 amide bonds. The van der Waals surface area contributed by atoms with E-state index >= 15 is 0 Å². The Hall–Kier alpha value is -3.07. The number of anilines is 1. The standard InChI is InChI=1S/C19H20N4O2/c1-25-19-16(11-20)17(5-7-22-19)23-8-6-14(12-23)9-13-3-2-4-15(10-13)18(21)24/h2-5,7,10,14H,6,8-9,12H2,1H3,(H2,21,24). The van der Waals surface area contributed by atoms with Crippen molar-refractivity contribution in [2.75, 3.05) is 25.1 Å². The first kappa shape index (κ1) is 16.8. The molecule has 1 aromatic heterocycles. The van der Waals surface area contributed by atoms with Crippen LogP contribution in [0.1, 0.15) is 27.9 Å². The van der Waals surface area contributed by atoms with Gasteiger partial charge in [-0.25, -0.2) is 4.98 Å². The van der Waals surface area contributed by atoms with Crippen LogP contribution in [0.25, 0.3) is 0 Å². The van der Waals surface area contributed by atoms with Crippen molar-refractivity contribution in [2.45, 2.75) is 12.8 Å². The molecular weight excluding hydrogens is 316 g/mol. The molecule has 1 fully saturated rings. The van der Waals surface area contributed by atoms with Gasteiger partial charge in [0.2, 0.25) is 11.8 Å². The van der Waals surface area contributed by atoms with E-state index in [0.717, 1.165) is 37.2 Å². The number of carbonyl (C=O) groups is 1. The van der Waals surface area contributed by atoms with Crippen molar-refractivity contribution in [3.8, 4) is 11.9 Å². The number of hydrogen-bond donors (Lipinski definition) is 1. The molecule has 0 radical (unpaired) electrons. The molecule has 0 aliphatic carbocycles. The fourth-order valence-electron chi connectivity index (χ4n) is 3.36. The molecule has 2 heterocycles. The van der Waals surface area contributed by atoms with Crippen LogP contribution < -0.4 is 15.4 Å². The van der Waals surface area contributed by atoms with E-state index in [0.29, 0.717) is 22.9 Å². The Labute approximate surface area is 146 Å². The highest BCUT2D eigenvalue weighted by Gasteiger charge is 2.26. The molecule has 25 heavy (non-hydrogen) atoms. The third kappa shape index (κ3) is 3.56. The highest BCUT2D eigenvalue weighted by atomic mass is 16.5. The quantitative estimate of drug-likeness (QED) is 0.903. The van der Waals surface area contributed by atoms with Gasteiger partial charge < -0.3 is 15.4 Å². The molecule has 1 aliphatic heterocycles. The van der Waals surface area contributed by atoms with E-state index < -0.39 is 5.91 Å². The molecule has 0 spiro atoms. The van der Waals surface area contributed by atoms with E-state index in [4.69, 9.17) is 10.5 Å². The number of ether oxygens (including phenoxy) is 1. The van der Waals surface area contributed by atoms with Crippen LogP contribution in [-0.4, -0.2) is 31.1 Å². The minimum Gasteiger partial charge on any atom is -0.480 e. The average molecular weight is 336 g/mol. The summed E-state index contributed by atoms with van der Waals surface area (Å²) in [5, 5.41) is 9.43. The molecule has 3 rings (SSSR count). The Morgan fingerprint density at radius 1 is 1.48 bits per heavy atom. The average Bonchev–Trinajstić information content (AvgIpc) is 3.09. The van der Waals surface area contributed by atoms with E-state index in [1.165, 1.54) is 7.11 Å². The molecule has 0 saturated carbocycles. The predicted octanol–water partition coefficient (Wildman–Crippen LogP) is 2.13. The maximum atomic E-state index is 11.3. The number of benzene rings is 1. The van der Waals surface area contributed by atoms with Crippen molar-refractivity contribution in [2.24, 2.45) is 11.7 Å². The molecule has 1 unspecified atom stereocenters. The van der Waals surface area contributed by atoms with Gasteiger partial charge in [-0.1, -0.05) is 12.1 Å². The van der Waals surface area contributed by atoms with E-state index in [1.54, 1.807) is 12.3 Å². The molecular formula is C19H20N4O2. The first-order valence-electron chi connectivity index (χ1n) is 8.19. The summed E-state index contributed by atoms with van der Waals surface area (Å²) in [6.07, 6.45) is 3.57. The van der Waals surface area contributed by atoms with Crippen LogP contribution in [0.2, 0.25) is 0 Å². The molecule has 6 heteroatoms. The van der Waals surface area contributed by atoms with E-state index in [1.807, 2.05) is 24.3 Å². The number of nitriles is 1. The summed E-state index contributed by atoms with van der Waals surface area (Å²) in [6, 6.07) is 11.5. The number of methoxy groups -OCH3 is 1. The van der Waals surface area contributed by atoms with Crippen LogP contribution in [0.4, 0.5) is 5.69 Å². The van der Waals surface area contributed by atoms with Crippen molar-refractivity contribution < 1.29 is 9.53 Å². The fraction of sp³-hybridized carbons (Fsp3) is 0.316. The summed E-state index contributed by atoms with van der Waals surface area (Å²) < 4.78 is 5.19. The van der Waals surface area contributed by atoms with Crippen LogP contribution in [0.5, 0.6) is 5.88 Å². The van der Waals surface area contributed by atoms with E-state index in [9.17, 15) is 10.1 Å². The summed E-state index contributed by atoms with van der Waals surface area (Å²) in [7, 11) is 1.52. The summed E-state index contributed by atoms with van der Waals surface area (Å²) >= 11 is 0. The molecule has 1 aliphatic rings. The Bertz CT molecular complexity index is 828. The fourth-order valence-corrected chi connectivity index (χ4v) is 3.36. The minimum absolute atomic E-state index is 0.359. The number of hydrogen-bond acceptors (Lipinski definition) is 5. The van der Waals surface area contributed by atoms with Gasteiger partial charge in [-0.15, -0.1) is 0 Å². The zero-order valence-electron chi connectivity index (χ0n) is 14.1. The SMILES string of the molecule is COc1nccc(N2CCC(Cc3cccc(C(N)=O)c3)C2)c1C#N. The highest BCUT2D eigenvalue weighted by molar-refractivity contribution is 5.92. The summed E-state index contributed by atoms with van der Waals surface area (Å²) in [6.45, 7) is 1.73. The number of primary amides is 1. The molecule has 2 aromatic rings. The predicted molar refractivity (Wildman–Crippen MR) is 94.5 cm³/mol. The Morgan fingerprint density at radius 2 is 2.32 bits per heavy atom. The lowest BCUT2D eigenvalue weighted by atomic mass is 9.97. The number of nitrogens with two attached hydrogens (primary N) is 1. The van der Waals surface area contributed by atoms with Gasteiger partial charge in [0.25, 0.3) is 0 Å². The van der Waals surface area contributed by atoms with Crippen molar-refractivity contribution in [3.05, 3.63) is 53.2 Å². The van der Waals surface area contributed by atoms with Crippen LogP contribution in [0.3, 0.4) is 0 Å². The Balaban J connectivity index is 1.74. The lowest BCUT2D eigenvalue weighted by Gasteiger charge is -2.20. The van der Waals surface area contributed by atoms with Crippen LogP contribution in [0, 0.1) is 17.2 Å². The van der Waals surface area contributed by atoms with Gasteiger partial charge in [-0.05, 0) is 42.5 Å². The first-order valence-corrected chi connectivity index (χ1v) is 8.19. The number of aromatic nitrogens is 1. The molecule has 2 N–H and O–H groups in total. The molecule has 1 saturated heterocycles. The number of nitrogens with zero attached hydrogens (tertiary/aromatic N) is 3. The molecule has 1 atom stereocenters. The van der Waals surface area contributed by atoms with E-state index in [-0.39, 0.29) is 0 Å². The molecule has 128 valence electrons. The normalized spacial score (nSPS) is 16.5. The summed E-state index contributed by atoms with van der Waals surface area (Å²) in [5.74, 6) is 0.406. The lowest BCUT2D eigenvalue weighted by molar-refractivity contribution is 0.1000. The maximum Gasteiger partial charge on any atom is 0.248 e. The van der Waals surface area contributed by atoms with Crippen molar-refractivity contribution in [3.63, 3.8) is 0 Å². The van der Waals surface area contributed by atoms with Crippen molar-refractivity contribution in [1.82, 2.24) is 4.98 Å². The summed E-state index contributed by atoms with van der Waals surface area (Å²) in [4.78, 5) is 17.6. The monoisotopic (exact) mass is 336 g/mol. The largest absolute Gasteiger partial charge is 0.480 e.